The molecule has 0 aromatic heterocycles. The molecule has 112 valence electrons. The molecule has 3 nitrogen and oxygen atoms in total. The molecule has 1 aromatic carbocycles. The fourth-order valence-corrected chi connectivity index (χ4v) is 2.44. The molecule has 0 bridgehead atoms. The molecular formula is C17H28N2O. The van der Waals surface area contributed by atoms with Crippen molar-refractivity contribution < 1.29 is 4.79 Å². The first kappa shape index (κ1) is 16.5. The minimum absolute atomic E-state index is 0.128. The number of carbonyl (C=O) groups is 1. The van der Waals surface area contributed by atoms with Crippen LogP contribution in [0.4, 0.5) is 5.69 Å². The van der Waals surface area contributed by atoms with Crippen LogP contribution in [0.25, 0.3) is 0 Å². The Morgan fingerprint density at radius 2 is 1.90 bits per heavy atom. The van der Waals surface area contributed by atoms with Gasteiger partial charge in [-0.25, -0.2) is 0 Å². The van der Waals surface area contributed by atoms with Crippen LogP contribution >= 0.6 is 0 Å². The molecule has 1 rings (SSSR count). The monoisotopic (exact) mass is 276 g/mol. The molecule has 1 aromatic rings. The summed E-state index contributed by atoms with van der Waals surface area (Å²) in [6.07, 6.45) is 2.24. The van der Waals surface area contributed by atoms with Gasteiger partial charge in [-0.3, -0.25) is 4.79 Å². The van der Waals surface area contributed by atoms with E-state index in [9.17, 15) is 4.79 Å². The van der Waals surface area contributed by atoms with Crippen molar-refractivity contribution in [3.63, 3.8) is 0 Å². The number of benzene rings is 1. The van der Waals surface area contributed by atoms with Gasteiger partial charge in [-0.05, 0) is 37.5 Å². The number of rotatable bonds is 7. The van der Waals surface area contributed by atoms with Crippen molar-refractivity contribution in [1.29, 1.82) is 0 Å². The van der Waals surface area contributed by atoms with Gasteiger partial charge in [0.05, 0.1) is 5.56 Å². The van der Waals surface area contributed by atoms with E-state index >= 15 is 0 Å². The normalized spacial score (nSPS) is 10.7. The highest BCUT2D eigenvalue weighted by Gasteiger charge is 2.19. The molecule has 0 spiro atoms. The smallest absolute Gasteiger partial charge is 0.255 e. The molecule has 0 aliphatic heterocycles. The highest BCUT2D eigenvalue weighted by Crippen LogP contribution is 2.20. The minimum atomic E-state index is 0.128. The van der Waals surface area contributed by atoms with E-state index in [1.807, 2.05) is 44.0 Å². The standard InChI is InChI=1S/C17H28N2O/c1-6-14(7-2)12-19(8-3)17(20)15-10-9-13(4)11-16(15)18-5/h9-11,14,18H,6-8,12H2,1-5H3. The van der Waals surface area contributed by atoms with Crippen molar-refractivity contribution in [3.05, 3.63) is 29.3 Å². The first-order chi connectivity index (χ1) is 9.57. The second-order valence-electron chi connectivity index (χ2n) is 5.33. The minimum Gasteiger partial charge on any atom is -0.387 e. The van der Waals surface area contributed by atoms with Gasteiger partial charge in [0.25, 0.3) is 5.91 Å². The molecule has 0 saturated heterocycles. The zero-order chi connectivity index (χ0) is 15.1. The second kappa shape index (κ2) is 7.93. The van der Waals surface area contributed by atoms with Crippen LogP contribution in [-0.2, 0) is 0 Å². The molecule has 0 aliphatic rings. The van der Waals surface area contributed by atoms with E-state index in [0.717, 1.165) is 42.7 Å². The molecule has 20 heavy (non-hydrogen) atoms. The summed E-state index contributed by atoms with van der Waals surface area (Å²) in [4.78, 5) is 14.7. The summed E-state index contributed by atoms with van der Waals surface area (Å²) in [5.41, 5.74) is 2.85. The summed E-state index contributed by atoms with van der Waals surface area (Å²) in [6.45, 7) is 10.1. The van der Waals surface area contributed by atoms with Crippen LogP contribution < -0.4 is 5.32 Å². The molecule has 0 atom stereocenters. The lowest BCUT2D eigenvalue weighted by atomic mass is 10.0. The van der Waals surface area contributed by atoms with E-state index in [2.05, 4.69) is 19.2 Å². The van der Waals surface area contributed by atoms with Crippen LogP contribution in [0.15, 0.2) is 18.2 Å². The maximum Gasteiger partial charge on any atom is 0.255 e. The van der Waals surface area contributed by atoms with E-state index in [0.29, 0.717) is 5.92 Å². The maximum atomic E-state index is 12.7. The first-order valence-electron chi connectivity index (χ1n) is 7.64. The summed E-state index contributed by atoms with van der Waals surface area (Å²) in [5, 5.41) is 3.13. The van der Waals surface area contributed by atoms with Crippen LogP contribution in [0.1, 0.15) is 49.5 Å². The van der Waals surface area contributed by atoms with Crippen LogP contribution in [0.5, 0.6) is 0 Å². The first-order valence-corrected chi connectivity index (χ1v) is 7.64. The van der Waals surface area contributed by atoms with Gasteiger partial charge in [-0.2, -0.15) is 0 Å². The van der Waals surface area contributed by atoms with Gasteiger partial charge in [0.15, 0.2) is 0 Å². The number of hydrogen-bond acceptors (Lipinski definition) is 2. The lowest BCUT2D eigenvalue weighted by Crippen LogP contribution is -2.35. The number of aryl methyl sites for hydroxylation is 1. The molecule has 0 unspecified atom stereocenters. The van der Waals surface area contributed by atoms with Gasteiger partial charge >= 0.3 is 0 Å². The fraction of sp³-hybridized carbons (Fsp3) is 0.588. The Kier molecular flexibility index (Phi) is 6.56. The topological polar surface area (TPSA) is 32.3 Å². The summed E-state index contributed by atoms with van der Waals surface area (Å²) >= 11 is 0. The zero-order valence-electron chi connectivity index (χ0n) is 13.5. The lowest BCUT2D eigenvalue weighted by Gasteiger charge is -2.26. The van der Waals surface area contributed by atoms with Crippen LogP contribution in [-0.4, -0.2) is 30.9 Å². The molecule has 0 heterocycles. The number of nitrogens with zero attached hydrogens (tertiary/aromatic N) is 1. The van der Waals surface area contributed by atoms with Gasteiger partial charge in [0, 0.05) is 25.8 Å². The molecular weight excluding hydrogens is 248 g/mol. The zero-order valence-corrected chi connectivity index (χ0v) is 13.5. The Bertz CT molecular complexity index is 439. The van der Waals surface area contributed by atoms with Crippen molar-refractivity contribution in [2.75, 3.05) is 25.5 Å². The number of amides is 1. The summed E-state index contributed by atoms with van der Waals surface area (Å²) < 4.78 is 0. The Morgan fingerprint density at radius 1 is 1.25 bits per heavy atom. The van der Waals surface area contributed by atoms with Crippen LogP contribution in [0, 0.1) is 12.8 Å². The Hall–Kier alpha value is -1.51. The number of nitrogens with one attached hydrogen (secondary N) is 1. The average Bonchev–Trinajstić information content (AvgIpc) is 2.47. The Balaban J connectivity index is 2.96. The van der Waals surface area contributed by atoms with Gasteiger partial charge in [-0.15, -0.1) is 0 Å². The Morgan fingerprint density at radius 3 is 2.40 bits per heavy atom. The van der Waals surface area contributed by atoms with E-state index in [1.165, 1.54) is 0 Å². The number of hydrogen-bond donors (Lipinski definition) is 1. The lowest BCUT2D eigenvalue weighted by molar-refractivity contribution is 0.0736. The molecule has 0 radical (unpaired) electrons. The van der Waals surface area contributed by atoms with Crippen LogP contribution in [0.3, 0.4) is 0 Å². The second-order valence-corrected chi connectivity index (χ2v) is 5.33. The molecule has 1 N–H and O–H groups in total. The quantitative estimate of drug-likeness (QED) is 0.818. The van der Waals surface area contributed by atoms with Gasteiger partial charge < -0.3 is 10.2 Å². The van der Waals surface area contributed by atoms with Gasteiger partial charge in [-0.1, -0.05) is 32.8 Å². The third kappa shape index (κ3) is 3.99. The van der Waals surface area contributed by atoms with Crippen molar-refractivity contribution in [2.24, 2.45) is 5.92 Å². The van der Waals surface area contributed by atoms with E-state index in [4.69, 9.17) is 0 Å². The van der Waals surface area contributed by atoms with Crippen molar-refractivity contribution in [2.45, 2.75) is 40.5 Å². The predicted molar refractivity (Wildman–Crippen MR) is 86.4 cm³/mol. The molecule has 1 amide bonds. The summed E-state index contributed by atoms with van der Waals surface area (Å²) in [5.74, 6) is 0.714. The SMILES string of the molecule is CCC(CC)CN(CC)C(=O)c1ccc(C)cc1NC. The third-order valence-electron chi connectivity index (χ3n) is 3.98. The van der Waals surface area contributed by atoms with Crippen molar-refractivity contribution >= 4 is 11.6 Å². The van der Waals surface area contributed by atoms with E-state index < -0.39 is 0 Å². The fourth-order valence-electron chi connectivity index (χ4n) is 2.44. The highest BCUT2D eigenvalue weighted by atomic mass is 16.2. The van der Waals surface area contributed by atoms with Crippen molar-refractivity contribution in [1.82, 2.24) is 4.90 Å². The number of carbonyl (C=O) groups excluding carboxylic acids is 1. The van der Waals surface area contributed by atoms with Crippen LogP contribution in [0.2, 0.25) is 0 Å². The van der Waals surface area contributed by atoms with Gasteiger partial charge in [0.2, 0.25) is 0 Å². The largest absolute Gasteiger partial charge is 0.387 e. The molecule has 3 heteroatoms. The Labute approximate surface area is 123 Å². The molecule has 0 saturated carbocycles. The molecule has 0 aliphatic carbocycles. The molecule has 0 fully saturated rings. The van der Waals surface area contributed by atoms with E-state index in [1.54, 1.807) is 0 Å². The third-order valence-corrected chi connectivity index (χ3v) is 3.98. The summed E-state index contributed by atoms with van der Waals surface area (Å²) in [7, 11) is 1.86. The summed E-state index contributed by atoms with van der Waals surface area (Å²) in [6, 6.07) is 5.95. The van der Waals surface area contributed by atoms with Gasteiger partial charge in [0.1, 0.15) is 0 Å². The van der Waals surface area contributed by atoms with E-state index in [-0.39, 0.29) is 5.91 Å². The van der Waals surface area contributed by atoms with Crippen molar-refractivity contribution in [3.8, 4) is 0 Å². The maximum absolute atomic E-state index is 12.7. The highest BCUT2D eigenvalue weighted by molar-refractivity contribution is 5.99. The number of anilines is 1. The average molecular weight is 276 g/mol. The predicted octanol–water partition coefficient (Wildman–Crippen LogP) is 3.94.